The van der Waals surface area contributed by atoms with E-state index in [1.165, 1.54) is 36.4 Å². The Balaban J connectivity index is 0.000000199. The number of unbranched alkanes of at least 4 members (excludes halogenated alkanes) is 9. The normalized spacial score (nSPS) is 19.5. The number of carbonyl (C=O) groups excluding carboxylic acids is 5. The molecule has 2 aliphatic heterocycles. The summed E-state index contributed by atoms with van der Waals surface area (Å²) in [6.07, 6.45) is 24.4. The summed E-state index contributed by atoms with van der Waals surface area (Å²) in [5.41, 5.74) is 9.15. The molecule has 150 heavy (non-hydrogen) atoms. The number of likely N-dealkylation sites (tertiary alicyclic amines) is 1. The summed E-state index contributed by atoms with van der Waals surface area (Å²) in [5, 5.41) is 21.3. The molecule has 7 N–H and O–H groups in total. The minimum Gasteiger partial charge on any atom is -0.491 e. The van der Waals surface area contributed by atoms with E-state index in [1.807, 2.05) is 143 Å². The Labute approximate surface area is 894 Å². The van der Waals surface area contributed by atoms with Crippen LogP contribution in [0.5, 0.6) is 23.3 Å². The summed E-state index contributed by atoms with van der Waals surface area (Å²) in [7, 11) is -7.61. The van der Waals surface area contributed by atoms with Crippen LogP contribution in [0.2, 0.25) is 0 Å². The minimum atomic E-state index is -3.89. The molecule has 2 saturated heterocycles. The zero-order chi connectivity index (χ0) is 107. The lowest BCUT2D eigenvalue weighted by Gasteiger charge is -2.29. The SMILES string of the molecule is C=CCCCCC[C@H](Cc1ccc(F)cc1)C(=O)N1C[C@H](Oc2nc(-c3ccc(OC(C)C)cc3)nc3c2oc2ccccc23)C[C@H]1C(=O)C[C@]1(C(=O)NS(=O)(=O)C2CC2)C[C@H]1C=C.C=CCCCCC[C@H](Cc1ccc(F)cc1)C(=O)O.C=CCCCCC[C@H](N)C(=O)O.C=C[C@@H]1C[C@]1(CC(=O)[C@@H]1C[C@@H](Oc2nc(-c3ccc(OC(C)C)cc3)nc3c2oc2ccccc23)CN1)C(=O)NS(=O)(=O)C1CC1.Cl.Fc1ccc(I)cc1. The van der Waals surface area contributed by atoms with Crippen LogP contribution < -0.4 is 39.4 Å². The number of hydrogen-bond acceptors (Lipinski definition) is 23. The van der Waals surface area contributed by atoms with Gasteiger partial charge in [0.05, 0.1) is 58.1 Å². The molecule has 0 spiro atoms. The number of benzene rings is 7. The number of carbonyl (C=O) groups is 7. The number of sulfonamides is 2. The van der Waals surface area contributed by atoms with Gasteiger partial charge in [-0.25, -0.2) is 40.0 Å². The first-order valence-corrected chi connectivity index (χ1v) is 55.3. The van der Waals surface area contributed by atoms with Crippen molar-refractivity contribution in [2.24, 2.45) is 40.2 Å². The van der Waals surface area contributed by atoms with Crippen LogP contribution in [0.1, 0.15) is 199 Å². The maximum absolute atomic E-state index is 15.0. The summed E-state index contributed by atoms with van der Waals surface area (Å²) in [5.74, 6) is -3.60. The number of rotatable bonds is 49. The number of carboxylic acids is 2. The minimum absolute atomic E-state index is 0. The molecule has 4 saturated carbocycles. The van der Waals surface area contributed by atoms with Crippen molar-refractivity contribution in [3.63, 3.8) is 0 Å². The Morgan fingerprint density at radius 3 is 1.33 bits per heavy atom. The first-order valence-electron chi connectivity index (χ1n) is 51.1. The number of hydrogen-bond donors (Lipinski definition) is 6. The molecule has 0 unspecified atom stereocenters. The van der Waals surface area contributed by atoms with E-state index >= 15 is 4.79 Å². The maximum Gasteiger partial charge on any atom is 0.320 e. The largest absolute Gasteiger partial charge is 0.491 e. The molecular weight excluding hydrogens is 2090 g/mol. The molecule has 7 aromatic carbocycles. The number of nitrogens with one attached hydrogen (secondary N) is 3. The number of nitrogens with zero attached hydrogens (tertiary/aromatic N) is 5. The van der Waals surface area contributed by atoms with E-state index < -0.39 is 107 Å². The number of Topliss-reactive ketones (excluding diaryl/α,β-unsaturated/α-hetero) is 2. The number of aromatic nitrogens is 4. The average molecular weight is 2230 g/mol. The number of fused-ring (bicyclic) bond motifs is 6. The molecule has 11 aromatic rings. The zero-order valence-corrected chi connectivity index (χ0v) is 89.6. The van der Waals surface area contributed by atoms with E-state index in [-0.39, 0.29) is 115 Å². The van der Waals surface area contributed by atoms with Crippen molar-refractivity contribution in [1.82, 2.24) is 39.6 Å². The molecule has 6 heterocycles. The number of aliphatic carboxylic acids is 2. The lowest BCUT2D eigenvalue weighted by atomic mass is 9.89. The van der Waals surface area contributed by atoms with Gasteiger partial charge >= 0.3 is 11.9 Å². The van der Waals surface area contributed by atoms with Gasteiger partial charge in [0.25, 0.3) is 11.8 Å². The molecule has 6 fully saturated rings. The summed E-state index contributed by atoms with van der Waals surface area (Å²) in [6, 6.07) is 46.3. The summed E-state index contributed by atoms with van der Waals surface area (Å²) in [4.78, 5) is 113. The number of ether oxygens (including phenoxy) is 4. The number of ketones is 2. The highest BCUT2D eigenvalue weighted by atomic mass is 127. The molecule has 800 valence electrons. The van der Waals surface area contributed by atoms with Crippen molar-refractivity contribution in [2.75, 3.05) is 13.1 Å². The van der Waals surface area contributed by atoms with Crippen molar-refractivity contribution in [3.05, 3.63) is 265 Å². The van der Waals surface area contributed by atoms with Crippen LogP contribution in [0.25, 0.3) is 66.9 Å². The Morgan fingerprint density at radius 1 is 0.520 bits per heavy atom. The molecule has 0 bridgehead atoms. The predicted molar refractivity (Wildman–Crippen MR) is 584 cm³/mol. The number of amides is 3. The second-order valence-corrected chi connectivity index (χ2v) is 44.8. The molecular formula is C115H134ClF3IN9O19S2. The van der Waals surface area contributed by atoms with Crippen molar-refractivity contribution in [3.8, 4) is 46.0 Å². The van der Waals surface area contributed by atoms with Crippen molar-refractivity contribution < 1.29 is 102 Å². The third kappa shape index (κ3) is 31.8. The maximum atomic E-state index is 15.0. The van der Waals surface area contributed by atoms with E-state index in [2.05, 4.69) is 70.2 Å². The van der Waals surface area contributed by atoms with E-state index in [4.69, 9.17) is 58.6 Å². The molecule has 4 aromatic heterocycles. The Morgan fingerprint density at radius 2 is 0.927 bits per heavy atom. The van der Waals surface area contributed by atoms with Crippen LogP contribution in [-0.4, -0.2) is 159 Å². The fourth-order valence-electron chi connectivity index (χ4n) is 18.6. The molecule has 11 atom stereocenters. The smallest absolute Gasteiger partial charge is 0.320 e. The summed E-state index contributed by atoms with van der Waals surface area (Å²) < 4.78 is 132. The Bertz CT molecular complexity index is 6780. The zero-order valence-electron chi connectivity index (χ0n) is 85.0. The van der Waals surface area contributed by atoms with Crippen LogP contribution in [0.4, 0.5) is 13.2 Å². The molecule has 6 aliphatic rings. The standard InChI is InChI=1S/C50H55FN4O8S.C34H36N4O7S.C16H21FO2.C9H17NO2.C6H4FI.ClH/c1-5-7-8-9-10-13-34(26-32-16-20-36(51)21-17-32)48(57)55-30-38(27-41(55)42(56)29-50(28-35(50)6-2)49(58)54-64(59,60)39-24-25-39)62-47-45-44(40-14-11-12-15-43(40)63-45)52-46(53-47)33-18-22-37(23-19-33)61-31(3)4;1-4-21-16-34(21,33(40)38-46(41,42)24-13-14-24)17-27(39)26-15-23(18-35-26)44-32-30-29(25-7-5-6-8-28(25)45-30)36-31(37-32)20-9-11-22(12-10-20)43-19(2)3;1-2-3-4-5-6-7-14(16(18)19)12-13-8-10-15(17)11-9-13;1-2-3-4-5-6-7-8(10)9(11)12;7-5-1-3-6(8)4-2-5;/h5-6,11-12,14-23,31,34-35,38-39,41H,1-2,7-10,13,24-30H2,3-4H3,(H,54,58);4-12,19,21,23-24,26,35H,1,13-18H2,2-3H3,(H,38,40);2,8-11,14H,1,3-7,12H2,(H,18,19);2,8H,1,3-7,10H2,(H,11,12);1-4H;1H/t34-,35-,38-,41+,50-;21-,23-,26+,34-;14-;8-;;/m1110../s1. The van der Waals surface area contributed by atoms with Crippen LogP contribution in [-0.2, 0) is 66.4 Å². The number of allylic oxidation sites excluding steroid dienone is 5. The van der Waals surface area contributed by atoms with Gasteiger partial charge in [-0.15, -0.1) is 45.3 Å². The third-order valence-corrected chi connectivity index (χ3v) is 31.7. The Kier molecular flexibility index (Phi) is 41.8. The lowest BCUT2D eigenvalue weighted by molar-refractivity contribution is -0.142. The topological polar surface area (TPSA) is 408 Å². The van der Waals surface area contributed by atoms with Gasteiger partial charge < -0.3 is 53.9 Å². The fraction of sp³-hybridized carbons (Fsp3) is 0.417. The highest BCUT2D eigenvalue weighted by Gasteiger charge is 2.63. The monoisotopic (exact) mass is 2230 g/mol. The molecule has 4 aliphatic carbocycles. The predicted octanol–water partition coefficient (Wildman–Crippen LogP) is 22.4. The van der Waals surface area contributed by atoms with E-state index in [0.29, 0.717) is 134 Å². The van der Waals surface area contributed by atoms with Gasteiger partial charge in [0.15, 0.2) is 23.2 Å². The number of carboxylic acid groups (broad SMARTS) is 2. The lowest BCUT2D eigenvalue weighted by Crippen LogP contribution is -2.46. The number of halogens is 5. The number of para-hydroxylation sites is 2. The first kappa shape index (κ1) is 116. The van der Waals surface area contributed by atoms with Gasteiger partial charge in [-0.3, -0.25) is 43.0 Å². The molecule has 28 nitrogen and oxygen atoms in total. The van der Waals surface area contributed by atoms with E-state index in [9.17, 15) is 63.9 Å². The first-order chi connectivity index (χ1) is 71.4. The van der Waals surface area contributed by atoms with Gasteiger partial charge in [0, 0.05) is 63.6 Å². The van der Waals surface area contributed by atoms with Crippen LogP contribution in [0.15, 0.2) is 242 Å². The van der Waals surface area contributed by atoms with Crippen LogP contribution in [0.3, 0.4) is 0 Å². The summed E-state index contributed by atoms with van der Waals surface area (Å²) >= 11 is 2.13. The van der Waals surface area contributed by atoms with Crippen LogP contribution in [0, 0.1) is 55.5 Å². The van der Waals surface area contributed by atoms with Gasteiger partial charge in [-0.2, -0.15) is 9.97 Å². The molecule has 0 radical (unpaired) electrons. The second-order valence-electron chi connectivity index (χ2n) is 39.7. The average Bonchev–Trinajstić information content (AvgIpc) is 1.58. The highest BCUT2D eigenvalue weighted by Crippen LogP contribution is 2.58. The Hall–Kier alpha value is -12.5. The second kappa shape index (κ2) is 54.0. The number of nitrogens with two attached hydrogens (primary N) is 1. The third-order valence-electron chi connectivity index (χ3n) is 27.4. The van der Waals surface area contributed by atoms with Crippen molar-refractivity contribution >= 4 is 140 Å². The van der Waals surface area contributed by atoms with Crippen LogP contribution >= 0.6 is 35.0 Å². The molecule has 3 amide bonds. The van der Waals surface area contributed by atoms with Gasteiger partial charge in [0.2, 0.25) is 48.9 Å². The van der Waals surface area contributed by atoms with Crippen molar-refractivity contribution in [1.29, 1.82) is 0 Å². The van der Waals surface area contributed by atoms with Gasteiger partial charge in [-0.1, -0.05) is 117 Å². The molecule has 17 rings (SSSR count). The molecule has 35 heteroatoms. The quantitative estimate of drug-likeness (QED) is 0.0117. The number of furan rings is 2. The fourth-order valence-corrected chi connectivity index (χ4v) is 21.8. The van der Waals surface area contributed by atoms with E-state index in [0.717, 1.165) is 114 Å². The highest BCUT2D eigenvalue weighted by molar-refractivity contribution is 14.1. The van der Waals surface area contributed by atoms with Gasteiger partial charge in [-0.05, 0) is 304 Å². The summed E-state index contributed by atoms with van der Waals surface area (Å²) in [6.45, 7) is 27.0. The van der Waals surface area contributed by atoms with Gasteiger partial charge in [0.1, 0.15) is 69.4 Å². The van der Waals surface area contributed by atoms with E-state index in [1.54, 1.807) is 53.5 Å². The van der Waals surface area contributed by atoms with Crippen molar-refractivity contribution in [2.45, 2.75) is 254 Å².